The van der Waals surface area contributed by atoms with Crippen molar-refractivity contribution in [1.29, 1.82) is 0 Å². The highest BCUT2D eigenvalue weighted by Crippen LogP contribution is 2.32. The van der Waals surface area contributed by atoms with Crippen molar-refractivity contribution in [3.05, 3.63) is 59.2 Å². The molecule has 3 nitrogen and oxygen atoms in total. The first-order chi connectivity index (χ1) is 8.91. The lowest BCUT2D eigenvalue weighted by molar-refractivity contribution is -0.137. The van der Waals surface area contributed by atoms with E-state index in [0.29, 0.717) is 5.69 Å². The number of alkyl halides is 3. The molecule has 0 bridgehead atoms. The lowest BCUT2D eigenvalue weighted by atomic mass is 9.99. The molecule has 0 aromatic carbocycles. The number of rotatable bonds is 2. The largest absolute Gasteiger partial charge is 0.417 e. The normalized spacial score (nSPS) is 11.4. The maximum Gasteiger partial charge on any atom is 0.417 e. The monoisotopic (exact) mass is 266 g/mol. The molecule has 0 saturated carbocycles. The number of ketones is 1. The first-order valence-corrected chi connectivity index (χ1v) is 5.39. The van der Waals surface area contributed by atoms with Gasteiger partial charge in [0.25, 0.3) is 0 Å². The molecule has 2 aromatic rings. The molecule has 2 aromatic heterocycles. The molecule has 0 radical (unpaired) electrons. The van der Waals surface area contributed by atoms with Crippen LogP contribution in [0.15, 0.2) is 36.8 Å². The average molecular weight is 266 g/mol. The van der Waals surface area contributed by atoms with Crippen LogP contribution in [-0.2, 0) is 6.18 Å². The molecule has 0 N–H and O–H groups in total. The maximum atomic E-state index is 12.8. The van der Waals surface area contributed by atoms with E-state index in [2.05, 4.69) is 9.97 Å². The minimum atomic E-state index is -4.59. The Morgan fingerprint density at radius 3 is 2.53 bits per heavy atom. The van der Waals surface area contributed by atoms with E-state index >= 15 is 0 Å². The lowest BCUT2D eigenvalue weighted by Gasteiger charge is -2.11. The smallest absolute Gasteiger partial charge is 0.288 e. The number of hydrogen-bond acceptors (Lipinski definition) is 3. The molecule has 0 amide bonds. The lowest BCUT2D eigenvalue weighted by Crippen LogP contribution is -2.15. The van der Waals surface area contributed by atoms with Crippen LogP contribution in [0.4, 0.5) is 13.2 Å². The minimum absolute atomic E-state index is 0.140. The molecule has 0 spiro atoms. The van der Waals surface area contributed by atoms with Crippen molar-refractivity contribution in [2.75, 3.05) is 0 Å². The number of halogens is 3. The van der Waals surface area contributed by atoms with Crippen molar-refractivity contribution in [3.63, 3.8) is 0 Å². The summed E-state index contributed by atoms with van der Waals surface area (Å²) in [6.07, 6.45) is -1.18. The third kappa shape index (κ3) is 2.62. The Bertz CT molecular complexity index is 623. The number of carbonyl (C=O) groups excluding carboxylic acids is 1. The predicted octanol–water partition coefficient (Wildman–Crippen LogP) is 3.03. The Balaban J connectivity index is 2.55. The van der Waals surface area contributed by atoms with Gasteiger partial charge >= 0.3 is 6.18 Å². The van der Waals surface area contributed by atoms with E-state index in [1.807, 2.05) is 0 Å². The molecule has 0 fully saturated rings. The van der Waals surface area contributed by atoms with Crippen LogP contribution in [0.2, 0.25) is 0 Å². The molecular weight excluding hydrogens is 257 g/mol. The van der Waals surface area contributed by atoms with Gasteiger partial charge in [0.15, 0.2) is 5.78 Å². The number of pyridine rings is 2. The van der Waals surface area contributed by atoms with Crippen molar-refractivity contribution in [2.24, 2.45) is 0 Å². The van der Waals surface area contributed by atoms with Gasteiger partial charge in [-0.15, -0.1) is 0 Å². The summed E-state index contributed by atoms with van der Waals surface area (Å²) in [7, 11) is 0. The summed E-state index contributed by atoms with van der Waals surface area (Å²) >= 11 is 0. The highest BCUT2D eigenvalue weighted by atomic mass is 19.4. The zero-order chi connectivity index (χ0) is 14.0. The Labute approximate surface area is 107 Å². The number of hydrogen-bond donors (Lipinski definition) is 0. The van der Waals surface area contributed by atoms with E-state index in [0.717, 1.165) is 18.5 Å². The maximum absolute atomic E-state index is 12.8. The molecule has 0 unspecified atom stereocenters. The van der Waals surface area contributed by atoms with Gasteiger partial charge in [-0.25, -0.2) is 0 Å². The average Bonchev–Trinajstić information content (AvgIpc) is 2.37. The van der Waals surface area contributed by atoms with Crippen molar-refractivity contribution in [3.8, 4) is 0 Å². The van der Waals surface area contributed by atoms with Crippen molar-refractivity contribution in [1.82, 2.24) is 9.97 Å². The van der Waals surface area contributed by atoms with Crippen LogP contribution in [-0.4, -0.2) is 15.8 Å². The third-order valence-corrected chi connectivity index (χ3v) is 2.62. The summed E-state index contributed by atoms with van der Waals surface area (Å²) in [6, 6.07) is 3.74. The van der Waals surface area contributed by atoms with Crippen molar-refractivity contribution in [2.45, 2.75) is 13.1 Å². The summed E-state index contributed by atoms with van der Waals surface area (Å²) in [5.41, 5.74) is -0.938. The van der Waals surface area contributed by atoms with Gasteiger partial charge in [0.2, 0.25) is 0 Å². The van der Waals surface area contributed by atoms with E-state index in [9.17, 15) is 18.0 Å². The standard InChI is InChI=1S/C13H9F3N2O/c1-8-9(3-2-5-18-8)12(19)10-7-17-6-4-11(10)13(14,15)16/h2-7H,1H3. The fourth-order valence-electron chi connectivity index (χ4n) is 1.69. The van der Waals surface area contributed by atoms with Gasteiger partial charge < -0.3 is 0 Å². The number of aromatic nitrogens is 2. The highest BCUT2D eigenvalue weighted by molar-refractivity contribution is 6.10. The minimum Gasteiger partial charge on any atom is -0.288 e. The van der Waals surface area contributed by atoms with Crippen LogP contribution in [0, 0.1) is 6.92 Å². The first kappa shape index (κ1) is 13.2. The van der Waals surface area contributed by atoms with Crippen LogP contribution < -0.4 is 0 Å². The van der Waals surface area contributed by atoms with Crippen LogP contribution in [0.1, 0.15) is 27.2 Å². The van der Waals surface area contributed by atoms with Gasteiger partial charge in [0, 0.05) is 29.8 Å². The Morgan fingerprint density at radius 2 is 1.89 bits per heavy atom. The second kappa shape index (κ2) is 4.79. The van der Waals surface area contributed by atoms with Crippen LogP contribution >= 0.6 is 0 Å². The van der Waals surface area contributed by atoms with Gasteiger partial charge in [-0.1, -0.05) is 0 Å². The van der Waals surface area contributed by atoms with Gasteiger partial charge in [0.05, 0.1) is 11.1 Å². The summed E-state index contributed by atoms with van der Waals surface area (Å²) in [5, 5.41) is 0. The van der Waals surface area contributed by atoms with Crippen molar-refractivity contribution >= 4 is 5.78 Å². The topological polar surface area (TPSA) is 42.9 Å². The Kier molecular flexibility index (Phi) is 3.33. The summed E-state index contributed by atoms with van der Waals surface area (Å²) in [5.74, 6) is -0.731. The first-order valence-electron chi connectivity index (χ1n) is 5.39. The molecule has 6 heteroatoms. The summed E-state index contributed by atoms with van der Waals surface area (Å²) in [6.45, 7) is 1.57. The number of nitrogens with zero attached hydrogens (tertiary/aromatic N) is 2. The van der Waals surface area contributed by atoms with Gasteiger partial charge in [0.1, 0.15) is 0 Å². The van der Waals surface area contributed by atoms with Crippen molar-refractivity contribution < 1.29 is 18.0 Å². The second-order valence-electron chi connectivity index (χ2n) is 3.88. The van der Waals surface area contributed by atoms with Crippen LogP contribution in [0.5, 0.6) is 0 Å². The number of carbonyl (C=O) groups is 1. The molecular formula is C13H9F3N2O. The highest BCUT2D eigenvalue weighted by Gasteiger charge is 2.35. The Hall–Kier alpha value is -2.24. The van der Waals surface area contributed by atoms with E-state index in [-0.39, 0.29) is 5.56 Å². The quantitative estimate of drug-likeness (QED) is 0.785. The third-order valence-electron chi connectivity index (χ3n) is 2.62. The molecule has 19 heavy (non-hydrogen) atoms. The summed E-state index contributed by atoms with van der Waals surface area (Å²) < 4.78 is 38.5. The molecule has 98 valence electrons. The molecule has 0 aliphatic carbocycles. The summed E-state index contributed by atoms with van der Waals surface area (Å²) in [4.78, 5) is 19.6. The molecule has 0 saturated heterocycles. The molecule has 2 rings (SSSR count). The fraction of sp³-hybridized carbons (Fsp3) is 0.154. The molecule has 0 aliphatic heterocycles. The van der Waals surface area contributed by atoms with Gasteiger partial charge in [-0.3, -0.25) is 14.8 Å². The van der Waals surface area contributed by atoms with E-state index < -0.39 is 23.1 Å². The molecule has 0 aliphatic rings. The van der Waals surface area contributed by atoms with Gasteiger partial charge in [-0.2, -0.15) is 13.2 Å². The van der Waals surface area contributed by atoms with Crippen LogP contribution in [0.3, 0.4) is 0 Å². The number of aryl methyl sites for hydroxylation is 1. The second-order valence-corrected chi connectivity index (χ2v) is 3.88. The van der Waals surface area contributed by atoms with E-state index in [1.165, 1.54) is 18.3 Å². The zero-order valence-electron chi connectivity index (χ0n) is 9.90. The Morgan fingerprint density at radius 1 is 1.16 bits per heavy atom. The van der Waals surface area contributed by atoms with E-state index in [4.69, 9.17) is 0 Å². The predicted molar refractivity (Wildman–Crippen MR) is 61.6 cm³/mol. The van der Waals surface area contributed by atoms with Gasteiger partial charge in [-0.05, 0) is 25.1 Å². The fourth-order valence-corrected chi connectivity index (χ4v) is 1.69. The van der Waals surface area contributed by atoms with E-state index in [1.54, 1.807) is 6.92 Å². The molecule has 0 atom stereocenters. The zero-order valence-corrected chi connectivity index (χ0v) is 9.90. The van der Waals surface area contributed by atoms with Crippen LogP contribution in [0.25, 0.3) is 0 Å². The molecule has 2 heterocycles. The SMILES string of the molecule is Cc1ncccc1C(=O)c1cnccc1C(F)(F)F.